The molecule has 0 radical (unpaired) electrons. The zero-order valence-corrected chi connectivity index (χ0v) is 10.9. The van der Waals surface area contributed by atoms with E-state index in [1.807, 2.05) is 24.3 Å². The molecule has 4 nitrogen and oxygen atoms in total. The molecule has 2 rings (SSSR count). The van der Waals surface area contributed by atoms with Gasteiger partial charge in [0.1, 0.15) is 0 Å². The minimum absolute atomic E-state index is 0.229. The molecule has 0 aliphatic heterocycles. The highest BCUT2D eigenvalue weighted by molar-refractivity contribution is 14.1. The third-order valence-corrected chi connectivity index (χ3v) is 2.82. The number of carbonyl (C=O) groups is 1. The van der Waals surface area contributed by atoms with Gasteiger partial charge >= 0.3 is 0 Å². The molecule has 0 unspecified atom stereocenters. The van der Waals surface area contributed by atoms with E-state index in [2.05, 4.69) is 27.9 Å². The number of aromatic nitrogens is 1. The number of pyridine rings is 1. The average Bonchev–Trinajstić information content (AvgIpc) is 2.29. The van der Waals surface area contributed by atoms with E-state index in [9.17, 15) is 10.0 Å². The molecule has 5 heteroatoms. The lowest BCUT2D eigenvalue weighted by molar-refractivity contribution is -0.605. The van der Waals surface area contributed by atoms with Crippen LogP contribution in [0.4, 0.5) is 5.69 Å². The predicted octanol–water partition coefficient (Wildman–Crippen LogP) is 2.18. The molecule has 0 atom stereocenters. The van der Waals surface area contributed by atoms with E-state index < -0.39 is 0 Å². The van der Waals surface area contributed by atoms with Gasteiger partial charge in [-0.15, -0.1) is 0 Å². The predicted molar refractivity (Wildman–Crippen MR) is 72.5 cm³/mol. The first-order chi connectivity index (χ1) is 8.15. The molecule has 1 amide bonds. The molecule has 0 aliphatic rings. The lowest BCUT2D eigenvalue weighted by Gasteiger charge is -2.05. The summed E-state index contributed by atoms with van der Waals surface area (Å²) in [6, 6.07) is 10.5. The van der Waals surface area contributed by atoms with Crippen molar-refractivity contribution in [2.75, 3.05) is 5.32 Å². The van der Waals surface area contributed by atoms with E-state index in [0.717, 1.165) is 9.26 Å². The molecule has 0 bridgehead atoms. The fraction of sp³-hybridized carbons (Fsp3) is 0. The zero-order valence-electron chi connectivity index (χ0n) is 8.76. The number of rotatable bonds is 2. The van der Waals surface area contributed by atoms with Crippen LogP contribution in [-0.2, 0) is 0 Å². The highest BCUT2D eigenvalue weighted by Gasteiger charge is 2.06. The van der Waals surface area contributed by atoms with Crippen LogP contribution in [0.1, 0.15) is 10.4 Å². The van der Waals surface area contributed by atoms with Crippen LogP contribution in [0.15, 0.2) is 48.8 Å². The number of nitrogens with zero attached hydrogens (tertiary/aromatic N) is 1. The van der Waals surface area contributed by atoms with Crippen LogP contribution < -0.4 is 10.0 Å². The third kappa shape index (κ3) is 3.16. The van der Waals surface area contributed by atoms with Gasteiger partial charge in [0.2, 0.25) is 0 Å². The molecule has 86 valence electrons. The summed E-state index contributed by atoms with van der Waals surface area (Å²) in [6.45, 7) is 0. The summed E-state index contributed by atoms with van der Waals surface area (Å²) in [5.41, 5.74) is 1.19. The number of hydrogen-bond donors (Lipinski definition) is 1. The summed E-state index contributed by atoms with van der Waals surface area (Å²) in [4.78, 5) is 11.8. The van der Waals surface area contributed by atoms with Crippen LogP contribution in [0.5, 0.6) is 0 Å². The molecule has 1 aromatic carbocycles. The Kier molecular flexibility index (Phi) is 3.58. The maximum Gasteiger partial charge on any atom is 0.256 e. The van der Waals surface area contributed by atoms with Gasteiger partial charge in [-0.2, -0.15) is 4.73 Å². The van der Waals surface area contributed by atoms with Crippen molar-refractivity contribution in [1.29, 1.82) is 0 Å². The molecule has 0 saturated carbocycles. The Morgan fingerprint density at radius 2 is 1.94 bits per heavy atom. The molecule has 1 heterocycles. The van der Waals surface area contributed by atoms with Crippen LogP contribution >= 0.6 is 22.6 Å². The molecule has 0 fully saturated rings. The summed E-state index contributed by atoms with van der Waals surface area (Å²) < 4.78 is 1.69. The lowest BCUT2D eigenvalue weighted by Crippen LogP contribution is -2.25. The Bertz CT molecular complexity index is 540. The highest BCUT2D eigenvalue weighted by Crippen LogP contribution is 2.13. The normalized spacial score (nSPS) is 9.94. The van der Waals surface area contributed by atoms with E-state index >= 15 is 0 Å². The van der Waals surface area contributed by atoms with E-state index in [1.54, 1.807) is 0 Å². The standard InChI is InChI=1S/C12H9IN2O2/c13-10-2-1-3-11(8-10)14-12(16)9-4-6-15(17)7-5-9/h1-8H,(H,14,16). The first-order valence-electron chi connectivity index (χ1n) is 4.91. The Labute approximate surface area is 112 Å². The van der Waals surface area contributed by atoms with Crippen LogP contribution in [0.2, 0.25) is 0 Å². The van der Waals surface area contributed by atoms with Crippen molar-refractivity contribution in [3.8, 4) is 0 Å². The van der Waals surface area contributed by atoms with Crippen molar-refractivity contribution >= 4 is 34.2 Å². The van der Waals surface area contributed by atoms with Crippen LogP contribution in [-0.4, -0.2) is 5.91 Å². The Balaban J connectivity index is 2.14. The fourth-order valence-electron chi connectivity index (χ4n) is 1.33. The smallest absolute Gasteiger partial charge is 0.256 e. The summed E-state index contributed by atoms with van der Waals surface area (Å²) >= 11 is 2.18. The van der Waals surface area contributed by atoms with Crippen molar-refractivity contribution in [3.63, 3.8) is 0 Å². The van der Waals surface area contributed by atoms with Gasteiger partial charge in [0, 0.05) is 21.4 Å². The number of carbonyl (C=O) groups excluding carboxylic acids is 1. The van der Waals surface area contributed by atoms with E-state index in [-0.39, 0.29) is 5.91 Å². The number of anilines is 1. The fourth-order valence-corrected chi connectivity index (χ4v) is 1.88. The van der Waals surface area contributed by atoms with Crippen molar-refractivity contribution in [1.82, 2.24) is 0 Å². The number of halogens is 1. The summed E-state index contributed by atoms with van der Waals surface area (Å²) in [7, 11) is 0. The first kappa shape index (κ1) is 11.8. The second-order valence-corrected chi connectivity index (χ2v) is 4.66. The molecular formula is C12H9IN2O2. The van der Waals surface area contributed by atoms with Gasteiger partial charge in [-0.25, -0.2) is 0 Å². The van der Waals surface area contributed by atoms with Crippen LogP contribution in [0.25, 0.3) is 0 Å². The minimum Gasteiger partial charge on any atom is -0.619 e. The molecule has 2 aromatic rings. The average molecular weight is 340 g/mol. The molecular weight excluding hydrogens is 331 g/mol. The first-order valence-corrected chi connectivity index (χ1v) is 5.99. The minimum atomic E-state index is -0.229. The van der Waals surface area contributed by atoms with Crippen molar-refractivity contribution in [3.05, 3.63) is 63.1 Å². The maximum atomic E-state index is 11.8. The van der Waals surface area contributed by atoms with E-state index in [0.29, 0.717) is 10.3 Å². The summed E-state index contributed by atoms with van der Waals surface area (Å²) in [5, 5.41) is 13.6. The number of benzene rings is 1. The maximum absolute atomic E-state index is 11.8. The van der Waals surface area contributed by atoms with Crippen molar-refractivity contribution in [2.24, 2.45) is 0 Å². The van der Waals surface area contributed by atoms with Crippen LogP contribution in [0, 0.1) is 8.78 Å². The number of amides is 1. The lowest BCUT2D eigenvalue weighted by atomic mass is 10.2. The van der Waals surface area contributed by atoms with Gasteiger partial charge < -0.3 is 10.5 Å². The van der Waals surface area contributed by atoms with Crippen molar-refractivity contribution < 1.29 is 9.52 Å². The Morgan fingerprint density at radius 3 is 2.59 bits per heavy atom. The van der Waals surface area contributed by atoms with E-state index in [1.165, 1.54) is 24.5 Å². The van der Waals surface area contributed by atoms with Gasteiger partial charge in [0.05, 0.1) is 5.56 Å². The molecule has 0 saturated heterocycles. The largest absolute Gasteiger partial charge is 0.619 e. The molecule has 1 N–H and O–H groups in total. The van der Waals surface area contributed by atoms with Crippen LogP contribution in [0.3, 0.4) is 0 Å². The number of nitrogens with one attached hydrogen (secondary N) is 1. The zero-order chi connectivity index (χ0) is 12.3. The Morgan fingerprint density at radius 1 is 1.24 bits per heavy atom. The Hall–Kier alpha value is -1.63. The molecule has 17 heavy (non-hydrogen) atoms. The van der Waals surface area contributed by atoms with Gasteiger partial charge in [-0.1, -0.05) is 6.07 Å². The van der Waals surface area contributed by atoms with Gasteiger partial charge in [-0.3, -0.25) is 4.79 Å². The SMILES string of the molecule is O=C(Nc1cccc(I)c1)c1cc[n+]([O-])cc1. The van der Waals surface area contributed by atoms with Gasteiger partial charge in [-0.05, 0) is 40.8 Å². The monoisotopic (exact) mass is 340 g/mol. The highest BCUT2D eigenvalue weighted by atomic mass is 127. The molecule has 0 aliphatic carbocycles. The summed E-state index contributed by atoms with van der Waals surface area (Å²) in [6.07, 6.45) is 2.59. The number of hydrogen-bond acceptors (Lipinski definition) is 2. The summed E-state index contributed by atoms with van der Waals surface area (Å²) in [5.74, 6) is -0.229. The topological polar surface area (TPSA) is 56.0 Å². The molecule has 0 spiro atoms. The molecule has 1 aromatic heterocycles. The second-order valence-electron chi connectivity index (χ2n) is 3.41. The third-order valence-electron chi connectivity index (χ3n) is 2.15. The van der Waals surface area contributed by atoms with Crippen molar-refractivity contribution in [2.45, 2.75) is 0 Å². The second kappa shape index (κ2) is 5.13. The quantitative estimate of drug-likeness (QED) is 0.518. The van der Waals surface area contributed by atoms with Gasteiger partial charge in [0.25, 0.3) is 5.91 Å². The van der Waals surface area contributed by atoms with E-state index in [4.69, 9.17) is 0 Å². The van der Waals surface area contributed by atoms with Gasteiger partial charge in [0.15, 0.2) is 12.4 Å².